The van der Waals surface area contributed by atoms with Gasteiger partial charge in [-0.3, -0.25) is 4.79 Å². The molecule has 2 aliphatic heterocycles. The van der Waals surface area contributed by atoms with E-state index in [1.54, 1.807) is 0 Å². The van der Waals surface area contributed by atoms with Crippen molar-refractivity contribution in [3.63, 3.8) is 0 Å². The molecule has 1 aromatic carbocycles. The Hall–Kier alpha value is -1.31. The van der Waals surface area contributed by atoms with Crippen LogP contribution in [0.2, 0.25) is 0 Å². The summed E-state index contributed by atoms with van der Waals surface area (Å²) in [6.45, 7) is 0.995. The van der Waals surface area contributed by atoms with Crippen LogP contribution < -0.4 is 0 Å². The molecule has 0 unspecified atom stereocenters. The topological polar surface area (TPSA) is 20.3 Å². The van der Waals surface area contributed by atoms with Gasteiger partial charge in [0.2, 0.25) is 5.91 Å². The van der Waals surface area contributed by atoms with Gasteiger partial charge >= 0.3 is 0 Å². The van der Waals surface area contributed by atoms with Gasteiger partial charge in [-0.15, -0.1) is 0 Å². The Morgan fingerprint density at radius 2 is 2.06 bits per heavy atom. The van der Waals surface area contributed by atoms with E-state index < -0.39 is 0 Å². The van der Waals surface area contributed by atoms with Crippen molar-refractivity contribution >= 4 is 5.91 Å². The molecule has 2 aliphatic rings. The Morgan fingerprint density at radius 1 is 1.25 bits per heavy atom. The maximum Gasteiger partial charge on any atom is 0.226 e. The molecule has 0 spiro atoms. The van der Waals surface area contributed by atoms with Crippen LogP contribution in [0.4, 0.5) is 0 Å². The molecule has 2 nitrogen and oxygen atoms in total. The average Bonchev–Trinajstić information content (AvgIpc) is 2.86. The number of benzene rings is 1. The van der Waals surface area contributed by atoms with Gasteiger partial charge in [-0.05, 0) is 31.2 Å². The standard InChI is InChI=1S/C14H17NO/c16-14-12(9-11-5-2-1-3-6-11)10-13-7-4-8-15(13)14/h1-3,5-6,12-13H,4,7-10H2/t12-,13+/m1/s1. The molecule has 0 aliphatic carbocycles. The largest absolute Gasteiger partial charge is 0.339 e. The summed E-state index contributed by atoms with van der Waals surface area (Å²) in [7, 11) is 0. The molecule has 0 N–H and O–H groups in total. The first-order valence-electron chi connectivity index (χ1n) is 6.19. The Balaban J connectivity index is 1.71. The van der Waals surface area contributed by atoms with Gasteiger partial charge in [-0.25, -0.2) is 0 Å². The fraction of sp³-hybridized carbons (Fsp3) is 0.500. The SMILES string of the molecule is O=C1[C@H](Cc2ccccc2)C[C@@H]2CCCN12. The highest BCUT2D eigenvalue weighted by Crippen LogP contribution is 2.34. The van der Waals surface area contributed by atoms with E-state index in [4.69, 9.17) is 0 Å². The third kappa shape index (κ3) is 1.62. The molecule has 3 rings (SSSR count). The number of carbonyl (C=O) groups is 1. The van der Waals surface area contributed by atoms with Crippen LogP contribution in [0, 0.1) is 5.92 Å². The van der Waals surface area contributed by atoms with Gasteiger partial charge < -0.3 is 4.90 Å². The molecule has 2 saturated heterocycles. The molecular weight excluding hydrogens is 198 g/mol. The molecule has 0 bridgehead atoms. The van der Waals surface area contributed by atoms with Crippen LogP contribution in [-0.4, -0.2) is 23.4 Å². The lowest BCUT2D eigenvalue weighted by atomic mass is 9.95. The number of amides is 1. The predicted molar refractivity (Wildman–Crippen MR) is 63.0 cm³/mol. The molecule has 2 heteroatoms. The fourth-order valence-electron chi connectivity index (χ4n) is 3.10. The number of hydrogen-bond acceptors (Lipinski definition) is 1. The summed E-state index contributed by atoms with van der Waals surface area (Å²) in [6, 6.07) is 10.9. The fourth-order valence-corrected chi connectivity index (χ4v) is 3.10. The van der Waals surface area contributed by atoms with Crippen LogP contribution >= 0.6 is 0 Å². The van der Waals surface area contributed by atoms with Gasteiger partial charge in [0.15, 0.2) is 0 Å². The van der Waals surface area contributed by atoms with Crippen LogP contribution in [0.3, 0.4) is 0 Å². The van der Waals surface area contributed by atoms with Gasteiger partial charge in [-0.1, -0.05) is 30.3 Å². The minimum absolute atomic E-state index is 0.243. The number of hydrogen-bond donors (Lipinski definition) is 0. The van der Waals surface area contributed by atoms with Gasteiger partial charge in [-0.2, -0.15) is 0 Å². The molecular formula is C14H17NO. The van der Waals surface area contributed by atoms with Gasteiger partial charge in [0, 0.05) is 18.5 Å². The summed E-state index contributed by atoms with van der Waals surface area (Å²) in [6.07, 6.45) is 4.42. The Labute approximate surface area is 96.3 Å². The van der Waals surface area contributed by atoms with E-state index in [1.807, 2.05) is 6.07 Å². The third-order valence-corrected chi connectivity index (χ3v) is 3.89. The lowest BCUT2D eigenvalue weighted by molar-refractivity contribution is -0.131. The van der Waals surface area contributed by atoms with Crippen molar-refractivity contribution in [2.45, 2.75) is 31.7 Å². The quantitative estimate of drug-likeness (QED) is 0.741. The Bertz CT molecular complexity index is 387. The maximum atomic E-state index is 12.1. The second-order valence-electron chi connectivity index (χ2n) is 4.95. The highest BCUT2D eigenvalue weighted by Gasteiger charge is 2.41. The zero-order valence-corrected chi connectivity index (χ0v) is 9.43. The molecule has 1 amide bonds. The van der Waals surface area contributed by atoms with Crippen molar-refractivity contribution in [2.24, 2.45) is 5.92 Å². The zero-order valence-electron chi connectivity index (χ0n) is 9.43. The molecule has 0 saturated carbocycles. The van der Waals surface area contributed by atoms with Gasteiger partial charge in [0.25, 0.3) is 0 Å². The minimum Gasteiger partial charge on any atom is -0.339 e. The third-order valence-electron chi connectivity index (χ3n) is 3.89. The number of nitrogens with zero attached hydrogens (tertiary/aromatic N) is 1. The Morgan fingerprint density at radius 3 is 2.81 bits per heavy atom. The first kappa shape index (κ1) is 9.88. The molecule has 84 valence electrons. The highest BCUT2D eigenvalue weighted by molar-refractivity contribution is 5.82. The Kier molecular flexibility index (Phi) is 2.43. The molecule has 0 radical (unpaired) electrons. The molecule has 1 aromatic rings. The lowest BCUT2D eigenvalue weighted by Gasteiger charge is -2.14. The molecule has 2 heterocycles. The van der Waals surface area contributed by atoms with E-state index >= 15 is 0 Å². The molecule has 16 heavy (non-hydrogen) atoms. The smallest absolute Gasteiger partial charge is 0.226 e. The van der Waals surface area contributed by atoms with Gasteiger partial charge in [0.05, 0.1) is 0 Å². The van der Waals surface area contributed by atoms with E-state index in [-0.39, 0.29) is 5.92 Å². The average molecular weight is 215 g/mol. The second-order valence-corrected chi connectivity index (χ2v) is 4.95. The van der Waals surface area contributed by atoms with Crippen molar-refractivity contribution in [1.29, 1.82) is 0 Å². The summed E-state index contributed by atoms with van der Waals surface area (Å²) in [5.41, 5.74) is 1.29. The molecule has 0 aromatic heterocycles. The minimum atomic E-state index is 0.243. The van der Waals surface area contributed by atoms with Crippen molar-refractivity contribution < 1.29 is 4.79 Å². The number of rotatable bonds is 2. The summed E-state index contributed by atoms with van der Waals surface area (Å²) in [5, 5.41) is 0. The van der Waals surface area contributed by atoms with E-state index in [0.29, 0.717) is 11.9 Å². The summed E-state index contributed by atoms with van der Waals surface area (Å²) >= 11 is 0. The maximum absolute atomic E-state index is 12.1. The van der Waals surface area contributed by atoms with Gasteiger partial charge in [0.1, 0.15) is 0 Å². The van der Waals surface area contributed by atoms with Crippen LogP contribution in [0.25, 0.3) is 0 Å². The van der Waals surface area contributed by atoms with Crippen molar-refractivity contribution in [3.05, 3.63) is 35.9 Å². The lowest BCUT2D eigenvalue weighted by Crippen LogP contribution is -2.28. The molecule has 2 atom stereocenters. The van der Waals surface area contributed by atoms with Crippen LogP contribution in [0.15, 0.2) is 30.3 Å². The normalized spacial score (nSPS) is 28.5. The second kappa shape index (κ2) is 3.93. The van der Waals surface area contributed by atoms with Crippen LogP contribution in [0.5, 0.6) is 0 Å². The van der Waals surface area contributed by atoms with E-state index in [9.17, 15) is 4.79 Å². The van der Waals surface area contributed by atoms with Crippen molar-refractivity contribution in [3.8, 4) is 0 Å². The van der Waals surface area contributed by atoms with Crippen molar-refractivity contribution in [1.82, 2.24) is 4.90 Å². The van der Waals surface area contributed by atoms with Crippen LogP contribution in [-0.2, 0) is 11.2 Å². The molecule has 2 fully saturated rings. The van der Waals surface area contributed by atoms with E-state index in [1.165, 1.54) is 18.4 Å². The predicted octanol–water partition coefficient (Wildman–Crippen LogP) is 2.24. The monoisotopic (exact) mass is 215 g/mol. The van der Waals surface area contributed by atoms with E-state index in [2.05, 4.69) is 29.2 Å². The first-order chi connectivity index (χ1) is 7.84. The number of carbonyl (C=O) groups excluding carboxylic acids is 1. The summed E-state index contributed by atoms with van der Waals surface area (Å²) in [4.78, 5) is 14.2. The zero-order chi connectivity index (χ0) is 11.0. The summed E-state index contributed by atoms with van der Waals surface area (Å²) < 4.78 is 0. The van der Waals surface area contributed by atoms with Crippen molar-refractivity contribution in [2.75, 3.05) is 6.54 Å². The number of fused-ring (bicyclic) bond motifs is 1. The highest BCUT2D eigenvalue weighted by atomic mass is 16.2. The van der Waals surface area contributed by atoms with Crippen LogP contribution in [0.1, 0.15) is 24.8 Å². The first-order valence-corrected chi connectivity index (χ1v) is 6.19. The summed E-state index contributed by atoms with van der Waals surface area (Å²) in [5.74, 6) is 0.638. The van der Waals surface area contributed by atoms with E-state index in [0.717, 1.165) is 19.4 Å².